The number of aliphatic carboxylic acids is 1. The molecule has 1 heterocycles. The van der Waals surface area contributed by atoms with E-state index in [-0.39, 0.29) is 5.57 Å². The normalized spacial score (nSPS) is 11.3. The Bertz CT molecular complexity index is 677. The Balaban J connectivity index is 2.55. The molecule has 0 spiro atoms. The van der Waals surface area contributed by atoms with Crippen LogP contribution in [-0.2, 0) is 4.79 Å². The third-order valence-electron chi connectivity index (χ3n) is 2.83. The first-order valence-corrected chi connectivity index (χ1v) is 7.23. The van der Waals surface area contributed by atoms with E-state index in [0.717, 1.165) is 0 Å². The van der Waals surface area contributed by atoms with Gasteiger partial charge >= 0.3 is 5.97 Å². The van der Waals surface area contributed by atoms with Crippen molar-refractivity contribution >= 4 is 40.6 Å². The maximum absolute atomic E-state index is 11.4. The zero-order valence-electron chi connectivity index (χ0n) is 11.4. The smallest absolute Gasteiger partial charge is 0.337 e. The lowest BCUT2D eigenvalue weighted by molar-refractivity contribution is -0.130. The number of carbonyl (C=O) groups is 1. The summed E-state index contributed by atoms with van der Waals surface area (Å²) in [4.78, 5) is 12.1. The predicted octanol–water partition coefficient (Wildman–Crippen LogP) is 4.04. The molecule has 1 N–H and O–H groups in total. The fourth-order valence-electron chi connectivity index (χ4n) is 1.84. The van der Waals surface area contributed by atoms with Crippen LogP contribution in [0.3, 0.4) is 0 Å². The van der Waals surface area contributed by atoms with Gasteiger partial charge in [0.1, 0.15) is 0 Å². The average Bonchev–Trinajstić information content (AvgIpc) is 2.99. The lowest BCUT2D eigenvalue weighted by Crippen LogP contribution is -1.98. The number of methoxy groups -OCH3 is 2. The van der Waals surface area contributed by atoms with E-state index in [1.807, 2.05) is 5.38 Å². The van der Waals surface area contributed by atoms with Crippen LogP contribution in [0.2, 0.25) is 5.02 Å². The summed E-state index contributed by atoms with van der Waals surface area (Å²) >= 11 is 7.62. The van der Waals surface area contributed by atoms with Crippen molar-refractivity contribution < 1.29 is 19.4 Å². The average molecular weight is 325 g/mol. The molecule has 110 valence electrons. The summed E-state index contributed by atoms with van der Waals surface area (Å²) in [5, 5.41) is 11.5. The Labute approximate surface area is 131 Å². The molecule has 0 aliphatic rings. The second-order valence-electron chi connectivity index (χ2n) is 4.04. The van der Waals surface area contributed by atoms with Gasteiger partial charge in [0.25, 0.3) is 0 Å². The second-order valence-corrected chi connectivity index (χ2v) is 5.37. The summed E-state index contributed by atoms with van der Waals surface area (Å²) in [5.74, 6) is -0.139. The van der Waals surface area contributed by atoms with Crippen molar-refractivity contribution in [2.75, 3.05) is 14.2 Å². The Kier molecular flexibility index (Phi) is 4.88. The van der Waals surface area contributed by atoms with Crippen LogP contribution in [0.25, 0.3) is 11.6 Å². The molecule has 4 nitrogen and oxygen atoms in total. The van der Waals surface area contributed by atoms with Gasteiger partial charge in [-0.2, -0.15) is 0 Å². The SMILES string of the molecule is COc1ccc(C=C(C(=O)O)c2cccs2)c(Cl)c1OC. The molecule has 2 rings (SSSR count). The number of benzene rings is 1. The van der Waals surface area contributed by atoms with E-state index in [9.17, 15) is 9.90 Å². The maximum Gasteiger partial charge on any atom is 0.337 e. The molecule has 1 aromatic carbocycles. The summed E-state index contributed by atoms with van der Waals surface area (Å²) in [6.07, 6.45) is 1.53. The van der Waals surface area contributed by atoms with Crippen LogP contribution in [0.4, 0.5) is 0 Å². The van der Waals surface area contributed by atoms with Crippen LogP contribution in [0.1, 0.15) is 10.4 Å². The number of thiophene rings is 1. The van der Waals surface area contributed by atoms with E-state index in [1.54, 1.807) is 24.3 Å². The van der Waals surface area contributed by atoms with E-state index in [0.29, 0.717) is 27.0 Å². The van der Waals surface area contributed by atoms with E-state index < -0.39 is 5.97 Å². The Morgan fingerprint density at radius 3 is 2.57 bits per heavy atom. The van der Waals surface area contributed by atoms with Crippen molar-refractivity contribution in [3.63, 3.8) is 0 Å². The van der Waals surface area contributed by atoms with Gasteiger partial charge in [-0.25, -0.2) is 4.79 Å². The number of carboxylic acid groups (broad SMARTS) is 1. The van der Waals surface area contributed by atoms with E-state index >= 15 is 0 Å². The number of rotatable bonds is 5. The number of ether oxygens (including phenoxy) is 2. The molecule has 2 aromatic rings. The third kappa shape index (κ3) is 3.20. The van der Waals surface area contributed by atoms with Crippen LogP contribution in [0, 0.1) is 0 Å². The predicted molar refractivity (Wildman–Crippen MR) is 84.4 cm³/mol. The molecule has 1 aromatic heterocycles. The van der Waals surface area contributed by atoms with Crippen molar-refractivity contribution in [3.8, 4) is 11.5 Å². The summed E-state index contributed by atoms with van der Waals surface area (Å²) in [6, 6.07) is 6.93. The minimum atomic E-state index is -1.01. The van der Waals surface area contributed by atoms with Gasteiger partial charge in [0.15, 0.2) is 11.5 Å². The minimum absolute atomic E-state index is 0.180. The van der Waals surface area contributed by atoms with Crippen molar-refractivity contribution in [1.82, 2.24) is 0 Å². The first kappa shape index (κ1) is 15.4. The van der Waals surface area contributed by atoms with Gasteiger partial charge < -0.3 is 14.6 Å². The van der Waals surface area contributed by atoms with Gasteiger partial charge in [-0.1, -0.05) is 17.7 Å². The topological polar surface area (TPSA) is 55.8 Å². The highest BCUT2D eigenvalue weighted by atomic mass is 35.5. The van der Waals surface area contributed by atoms with E-state index in [2.05, 4.69) is 0 Å². The van der Waals surface area contributed by atoms with Crippen molar-refractivity contribution in [1.29, 1.82) is 0 Å². The highest BCUT2D eigenvalue weighted by Gasteiger charge is 2.16. The summed E-state index contributed by atoms with van der Waals surface area (Å²) in [5.41, 5.74) is 0.735. The second kappa shape index (κ2) is 6.65. The molecular formula is C15H13ClO4S. The van der Waals surface area contributed by atoms with Crippen LogP contribution in [0.15, 0.2) is 29.6 Å². The molecule has 0 aliphatic heterocycles. The molecule has 0 bridgehead atoms. The van der Waals surface area contributed by atoms with Crippen molar-refractivity contribution in [2.45, 2.75) is 0 Å². The largest absolute Gasteiger partial charge is 0.493 e. The van der Waals surface area contributed by atoms with Gasteiger partial charge in [0.05, 0.1) is 24.8 Å². The summed E-state index contributed by atoms with van der Waals surface area (Å²) in [6.45, 7) is 0. The third-order valence-corrected chi connectivity index (χ3v) is 4.12. The van der Waals surface area contributed by atoms with Crippen LogP contribution < -0.4 is 9.47 Å². The summed E-state index contributed by atoms with van der Waals surface area (Å²) in [7, 11) is 2.99. The van der Waals surface area contributed by atoms with Gasteiger partial charge in [0.2, 0.25) is 0 Å². The fourth-order valence-corrected chi connectivity index (χ4v) is 2.86. The number of hydrogen-bond acceptors (Lipinski definition) is 4. The molecular weight excluding hydrogens is 312 g/mol. The van der Waals surface area contributed by atoms with Crippen molar-refractivity contribution in [2.24, 2.45) is 0 Å². The van der Waals surface area contributed by atoms with Gasteiger partial charge in [-0.05, 0) is 35.2 Å². The van der Waals surface area contributed by atoms with Crippen molar-refractivity contribution in [3.05, 3.63) is 45.1 Å². The van der Waals surface area contributed by atoms with E-state index in [4.69, 9.17) is 21.1 Å². The molecule has 0 unspecified atom stereocenters. The number of carboxylic acids is 1. The minimum Gasteiger partial charge on any atom is -0.493 e. The van der Waals surface area contributed by atoms with Crippen LogP contribution in [0.5, 0.6) is 11.5 Å². The number of halogens is 1. The molecule has 0 saturated carbocycles. The Hall–Kier alpha value is -1.98. The van der Waals surface area contributed by atoms with Crippen LogP contribution >= 0.6 is 22.9 Å². The molecule has 0 fully saturated rings. The standard InChI is InChI=1S/C15H13ClO4S/c1-19-11-6-5-9(13(16)14(11)20-2)8-10(15(17)18)12-4-3-7-21-12/h3-8H,1-2H3,(H,17,18). The quantitative estimate of drug-likeness (QED) is 0.843. The zero-order chi connectivity index (χ0) is 15.4. The lowest BCUT2D eigenvalue weighted by Gasteiger charge is -2.11. The molecule has 0 atom stereocenters. The summed E-state index contributed by atoms with van der Waals surface area (Å²) < 4.78 is 10.4. The highest BCUT2D eigenvalue weighted by molar-refractivity contribution is 7.11. The monoisotopic (exact) mass is 324 g/mol. The maximum atomic E-state index is 11.4. The molecule has 21 heavy (non-hydrogen) atoms. The molecule has 0 amide bonds. The van der Waals surface area contributed by atoms with Gasteiger partial charge in [0, 0.05) is 4.88 Å². The first-order valence-electron chi connectivity index (χ1n) is 5.97. The molecule has 0 aliphatic carbocycles. The molecule has 0 radical (unpaired) electrons. The van der Waals surface area contributed by atoms with E-state index in [1.165, 1.54) is 31.6 Å². The highest BCUT2D eigenvalue weighted by Crippen LogP contribution is 2.38. The first-order chi connectivity index (χ1) is 10.1. The zero-order valence-corrected chi connectivity index (χ0v) is 13.0. The Morgan fingerprint density at radius 2 is 2.05 bits per heavy atom. The lowest BCUT2D eigenvalue weighted by atomic mass is 10.1. The molecule has 6 heteroatoms. The Morgan fingerprint density at radius 1 is 1.29 bits per heavy atom. The van der Waals surface area contributed by atoms with Gasteiger partial charge in [-0.3, -0.25) is 0 Å². The number of hydrogen-bond donors (Lipinski definition) is 1. The van der Waals surface area contributed by atoms with Gasteiger partial charge in [-0.15, -0.1) is 11.3 Å². The fraction of sp³-hybridized carbons (Fsp3) is 0.133. The molecule has 0 saturated heterocycles. The van der Waals surface area contributed by atoms with Crippen LogP contribution in [-0.4, -0.2) is 25.3 Å².